The zero-order valence-corrected chi connectivity index (χ0v) is 11.9. The molecule has 0 N–H and O–H groups in total. The molecule has 0 aliphatic carbocycles. The van der Waals surface area contributed by atoms with Crippen molar-refractivity contribution < 1.29 is 31.1 Å². The maximum atomic E-state index is 12.6. The molecule has 0 radical (unpaired) electrons. The molecule has 0 atom stereocenters. The lowest BCUT2D eigenvalue weighted by Crippen LogP contribution is -2.11. The second-order valence-electron chi connectivity index (χ2n) is 4.02. The maximum absolute atomic E-state index is 12.6. The zero-order valence-electron chi connectivity index (χ0n) is 10.3. The molecule has 1 aromatic carbocycles. The summed E-state index contributed by atoms with van der Waals surface area (Å²) in [5, 5.41) is 3.54. The molecular formula is C11H5ClF6N2OS. The second kappa shape index (κ2) is 5.92. The van der Waals surface area contributed by atoms with Gasteiger partial charge in [0.1, 0.15) is 22.4 Å². The summed E-state index contributed by atoms with van der Waals surface area (Å²) >= 11 is 6.49. The van der Waals surface area contributed by atoms with Crippen LogP contribution in [0.1, 0.15) is 16.8 Å². The highest BCUT2D eigenvalue weighted by Crippen LogP contribution is 2.38. The molecule has 0 saturated heterocycles. The monoisotopic (exact) mass is 362 g/mol. The van der Waals surface area contributed by atoms with Crippen molar-refractivity contribution in [3.05, 3.63) is 39.4 Å². The fourth-order valence-electron chi connectivity index (χ4n) is 1.44. The van der Waals surface area contributed by atoms with Gasteiger partial charge in [-0.05, 0) is 18.2 Å². The minimum atomic E-state index is -4.93. The molecule has 0 unspecified atom stereocenters. The van der Waals surface area contributed by atoms with Gasteiger partial charge in [-0.15, -0.1) is 5.10 Å². The van der Waals surface area contributed by atoms with E-state index in [-0.39, 0.29) is 16.1 Å². The van der Waals surface area contributed by atoms with Crippen LogP contribution in [-0.4, -0.2) is 9.59 Å². The average molecular weight is 363 g/mol. The fraction of sp³-hybridized carbons (Fsp3) is 0.273. The first-order chi connectivity index (χ1) is 10.1. The van der Waals surface area contributed by atoms with Crippen molar-refractivity contribution in [2.24, 2.45) is 0 Å². The Morgan fingerprint density at radius 3 is 1.95 bits per heavy atom. The smallest absolute Gasteiger partial charge is 0.416 e. The van der Waals surface area contributed by atoms with Crippen LogP contribution in [0.5, 0.6) is 5.75 Å². The average Bonchev–Trinajstić information content (AvgIpc) is 2.79. The molecule has 0 aliphatic heterocycles. The van der Waals surface area contributed by atoms with Gasteiger partial charge in [0.15, 0.2) is 0 Å². The first kappa shape index (κ1) is 16.8. The molecule has 0 aliphatic rings. The number of halogens is 7. The molecule has 11 heteroatoms. The van der Waals surface area contributed by atoms with Gasteiger partial charge in [-0.1, -0.05) is 16.1 Å². The Balaban J connectivity index is 2.32. The molecule has 0 amide bonds. The molecule has 0 fully saturated rings. The van der Waals surface area contributed by atoms with E-state index < -0.39 is 35.8 Å². The highest BCUT2D eigenvalue weighted by Gasteiger charge is 2.37. The predicted molar refractivity (Wildman–Crippen MR) is 65.7 cm³/mol. The first-order valence-electron chi connectivity index (χ1n) is 5.46. The number of rotatable bonds is 3. The van der Waals surface area contributed by atoms with Crippen LogP contribution in [0.4, 0.5) is 26.3 Å². The standard InChI is InChI=1S/C11H5ClF6N2OS/c12-9-8(19-20-22-9)4-21-7-2-5(10(13,14)15)1-6(3-7)11(16,17)18/h1-3H,4H2. The van der Waals surface area contributed by atoms with E-state index in [2.05, 4.69) is 9.59 Å². The molecule has 2 rings (SSSR count). The van der Waals surface area contributed by atoms with Crippen LogP contribution >= 0.6 is 23.1 Å². The molecule has 120 valence electrons. The summed E-state index contributed by atoms with van der Waals surface area (Å²) in [6, 6.07) is 0.968. The lowest BCUT2D eigenvalue weighted by molar-refractivity contribution is -0.143. The van der Waals surface area contributed by atoms with Crippen molar-refractivity contribution in [3.8, 4) is 5.75 Å². The van der Waals surface area contributed by atoms with E-state index >= 15 is 0 Å². The highest BCUT2D eigenvalue weighted by molar-refractivity contribution is 7.10. The Bertz CT molecular complexity index is 637. The minimum Gasteiger partial charge on any atom is -0.487 e. The molecule has 1 aromatic heterocycles. The van der Waals surface area contributed by atoms with Crippen molar-refractivity contribution in [2.75, 3.05) is 0 Å². The number of nitrogens with zero attached hydrogens (tertiary/aromatic N) is 2. The lowest BCUT2D eigenvalue weighted by atomic mass is 10.1. The number of benzene rings is 1. The van der Waals surface area contributed by atoms with Crippen molar-refractivity contribution in [1.82, 2.24) is 9.59 Å². The number of aromatic nitrogens is 2. The third-order valence-electron chi connectivity index (χ3n) is 2.45. The summed E-state index contributed by atoms with van der Waals surface area (Å²) in [4.78, 5) is 0. The number of ether oxygens (including phenoxy) is 1. The van der Waals surface area contributed by atoms with Gasteiger partial charge in [0.25, 0.3) is 0 Å². The summed E-state index contributed by atoms with van der Waals surface area (Å²) in [5.41, 5.74) is -2.79. The Labute approximate surface area is 128 Å². The van der Waals surface area contributed by atoms with Gasteiger partial charge in [-0.3, -0.25) is 0 Å². The Morgan fingerprint density at radius 1 is 1.00 bits per heavy atom. The van der Waals surface area contributed by atoms with Gasteiger partial charge < -0.3 is 4.74 Å². The van der Waals surface area contributed by atoms with Crippen LogP contribution in [0, 0.1) is 0 Å². The Hall–Kier alpha value is -1.55. The first-order valence-corrected chi connectivity index (χ1v) is 6.61. The van der Waals surface area contributed by atoms with E-state index in [0.29, 0.717) is 12.1 Å². The van der Waals surface area contributed by atoms with Gasteiger partial charge in [0.2, 0.25) is 0 Å². The van der Waals surface area contributed by atoms with E-state index in [4.69, 9.17) is 16.3 Å². The number of hydrogen-bond donors (Lipinski definition) is 0. The van der Waals surface area contributed by atoms with Crippen LogP contribution in [0.15, 0.2) is 18.2 Å². The minimum absolute atomic E-state index is 0.0181. The molecule has 0 bridgehead atoms. The number of hydrogen-bond acceptors (Lipinski definition) is 4. The van der Waals surface area contributed by atoms with E-state index in [0.717, 1.165) is 11.5 Å². The van der Waals surface area contributed by atoms with Crippen LogP contribution < -0.4 is 4.74 Å². The largest absolute Gasteiger partial charge is 0.487 e. The second-order valence-corrected chi connectivity index (χ2v) is 5.38. The van der Waals surface area contributed by atoms with Crippen molar-refractivity contribution in [3.63, 3.8) is 0 Å². The molecule has 22 heavy (non-hydrogen) atoms. The maximum Gasteiger partial charge on any atom is 0.416 e. The molecule has 3 nitrogen and oxygen atoms in total. The summed E-state index contributed by atoms with van der Waals surface area (Å²) in [6.45, 7) is -0.395. The summed E-state index contributed by atoms with van der Waals surface area (Å²) in [6.07, 6.45) is -9.86. The van der Waals surface area contributed by atoms with Gasteiger partial charge in [-0.2, -0.15) is 26.3 Å². The topological polar surface area (TPSA) is 35.0 Å². The molecule has 0 spiro atoms. The molecule has 2 aromatic rings. The SMILES string of the molecule is FC(F)(F)c1cc(OCc2nnsc2Cl)cc(C(F)(F)F)c1. The lowest BCUT2D eigenvalue weighted by Gasteiger charge is -2.14. The molecular weight excluding hydrogens is 358 g/mol. The highest BCUT2D eigenvalue weighted by atomic mass is 35.5. The molecule has 0 saturated carbocycles. The Morgan fingerprint density at radius 2 is 1.55 bits per heavy atom. The summed E-state index contributed by atoms with van der Waals surface area (Å²) in [5.74, 6) is -0.591. The van der Waals surface area contributed by atoms with E-state index in [1.54, 1.807) is 0 Å². The van der Waals surface area contributed by atoms with Crippen molar-refractivity contribution >= 4 is 23.1 Å². The normalized spacial score (nSPS) is 12.5. The zero-order chi connectivity index (χ0) is 16.5. The fourth-order valence-corrected chi connectivity index (χ4v) is 2.05. The van der Waals surface area contributed by atoms with E-state index in [9.17, 15) is 26.3 Å². The van der Waals surface area contributed by atoms with Crippen LogP contribution in [0.25, 0.3) is 0 Å². The van der Waals surface area contributed by atoms with Crippen LogP contribution in [-0.2, 0) is 19.0 Å². The number of alkyl halides is 6. The quantitative estimate of drug-likeness (QED) is 0.735. The summed E-state index contributed by atoms with van der Waals surface area (Å²) in [7, 11) is 0. The van der Waals surface area contributed by atoms with Crippen molar-refractivity contribution in [2.45, 2.75) is 19.0 Å². The predicted octanol–water partition coefficient (Wildman–Crippen LogP) is 4.81. The molecule has 1 heterocycles. The van der Waals surface area contributed by atoms with Crippen LogP contribution in [0.2, 0.25) is 4.34 Å². The summed E-state index contributed by atoms with van der Waals surface area (Å²) < 4.78 is 84.4. The van der Waals surface area contributed by atoms with Crippen LogP contribution in [0.3, 0.4) is 0 Å². The van der Waals surface area contributed by atoms with Gasteiger partial charge in [0.05, 0.1) is 11.1 Å². The van der Waals surface area contributed by atoms with E-state index in [1.807, 2.05) is 0 Å². The van der Waals surface area contributed by atoms with Crippen molar-refractivity contribution in [1.29, 1.82) is 0 Å². The van der Waals surface area contributed by atoms with Gasteiger partial charge in [-0.25, -0.2) is 0 Å². The Kier molecular flexibility index (Phi) is 4.52. The van der Waals surface area contributed by atoms with Gasteiger partial charge in [0, 0.05) is 11.5 Å². The van der Waals surface area contributed by atoms with E-state index in [1.165, 1.54) is 0 Å². The third kappa shape index (κ3) is 4.01. The van der Waals surface area contributed by atoms with Gasteiger partial charge >= 0.3 is 12.4 Å². The third-order valence-corrected chi connectivity index (χ3v) is 3.43.